The van der Waals surface area contributed by atoms with Crippen molar-refractivity contribution in [3.8, 4) is 5.75 Å². The first kappa shape index (κ1) is 11.4. The monoisotopic (exact) mass is 256 g/mol. The maximum Gasteiger partial charge on any atom is 0.134 e. The minimum absolute atomic E-state index is 0.259. The summed E-state index contributed by atoms with van der Waals surface area (Å²) in [5.74, 6) is 0.514. The average molecular weight is 257 g/mol. The first-order valence-electron chi connectivity index (χ1n) is 4.73. The zero-order chi connectivity index (χ0) is 11.5. The Morgan fingerprint density at radius 1 is 1.25 bits per heavy atom. The van der Waals surface area contributed by atoms with Gasteiger partial charge in [-0.15, -0.1) is 22.9 Å². The number of rotatable bonds is 3. The minimum atomic E-state index is -0.296. The smallest absolute Gasteiger partial charge is 0.134 e. The summed E-state index contributed by atoms with van der Waals surface area (Å²) >= 11 is 7.85. The molecule has 0 aliphatic carbocycles. The molecule has 0 aliphatic rings. The molecule has 0 fully saturated rings. The van der Waals surface area contributed by atoms with Gasteiger partial charge in [-0.25, -0.2) is 4.39 Å². The van der Waals surface area contributed by atoms with Crippen LogP contribution in [0.2, 0.25) is 0 Å². The lowest BCUT2D eigenvalue weighted by Crippen LogP contribution is -1.93. The zero-order valence-corrected chi connectivity index (χ0v) is 10.2. The van der Waals surface area contributed by atoms with Gasteiger partial charge < -0.3 is 4.74 Å². The number of ether oxygens (including phenoxy) is 1. The lowest BCUT2D eigenvalue weighted by molar-refractivity contribution is 0.413. The van der Waals surface area contributed by atoms with Crippen molar-refractivity contribution in [2.45, 2.75) is 5.38 Å². The van der Waals surface area contributed by atoms with Crippen molar-refractivity contribution >= 4 is 22.9 Å². The maximum atomic E-state index is 12.8. The highest BCUT2D eigenvalue weighted by Crippen LogP contribution is 2.38. The van der Waals surface area contributed by atoms with Crippen LogP contribution in [0.1, 0.15) is 15.8 Å². The van der Waals surface area contributed by atoms with E-state index in [1.54, 1.807) is 19.2 Å². The minimum Gasteiger partial charge on any atom is -0.496 e. The van der Waals surface area contributed by atoms with Crippen molar-refractivity contribution in [1.82, 2.24) is 0 Å². The highest BCUT2D eigenvalue weighted by atomic mass is 35.5. The molecule has 1 aromatic carbocycles. The van der Waals surface area contributed by atoms with Gasteiger partial charge in [-0.3, -0.25) is 0 Å². The summed E-state index contributed by atoms with van der Waals surface area (Å²) in [6.45, 7) is 0. The van der Waals surface area contributed by atoms with Crippen LogP contribution in [-0.4, -0.2) is 7.11 Å². The molecule has 0 N–H and O–H groups in total. The average Bonchev–Trinajstić information content (AvgIpc) is 2.77. The van der Waals surface area contributed by atoms with Crippen LogP contribution in [0.25, 0.3) is 0 Å². The molecule has 0 spiro atoms. The molecule has 4 heteroatoms. The molecule has 1 heterocycles. The molecule has 16 heavy (non-hydrogen) atoms. The Hall–Kier alpha value is -1.06. The quantitative estimate of drug-likeness (QED) is 0.747. The topological polar surface area (TPSA) is 9.23 Å². The van der Waals surface area contributed by atoms with E-state index in [0.29, 0.717) is 0 Å². The van der Waals surface area contributed by atoms with Crippen LogP contribution >= 0.6 is 22.9 Å². The zero-order valence-electron chi connectivity index (χ0n) is 8.61. The fourth-order valence-electron chi connectivity index (χ4n) is 1.45. The fourth-order valence-corrected chi connectivity index (χ4v) is 2.71. The highest BCUT2D eigenvalue weighted by molar-refractivity contribution is 7.10. The molecule has 2 rings (SSSR count). The third kappa shape index (κ3) is 2.20. The van der Waals surface area contributed by atoms with Crippen LogP contribution < -0.4 is 4.74 Å². The molecular formula is C12H10ClFOS. The maximum absolute atomic E-state index is 12.8. The van der Waals surface area contributed by atoms with Gasteiger partial charge in [0, 0.05) is 0 Å². The molecule has 0 saturated carbocycles. The van der Waals surface area contributed by atoms with Crippen molar-refractivity contribution in [3.63, 3.8) is 0 Å². The molecule has 1 atom stereocenters. The predicted molar refractivity (Wildman–Crippen MR) is 65.0 cm³/mol. The molecule has 0 amide bonds. The summed E-state index contributed by atoms with van der Waals surface area (Å²) in [4.78, 5) is 0.941. The molecular weight excluding hydrogens is 247 g/mol. The van der Waals surface area contributed by atoms with Crippen molar-refractivity contribution in [2.24, 2.45) is 0 Å². The van der Waals surface area contributed by atoms with Crippen LogP contribution in [0.15, 0.2) is 35.7 Å². The Kier molecular flexibility index (Phi) is 3.46. The second kappa shape index (κ2) is 4.85. The number of thiophene rings is 1. The molecule has 1 unspecified atom stereocenters. The van der Waals surface area contributed by atoms with Gasteiger partial charge in [-0.05, 0) is 29.1 Å². The van der Waals surface area contributed by atoms with Gasteiger partial charge in [0.25, 0.3) is 0 Å². The highest BCUT2D eigenvalue weighted by Gasteiger charge is 2.16. The third-order valence-corrected chi connectivity index (χ3v) is 3.83. The van der Waals surface area contributed by atoms with Crippen LogP contribution in [-0.2, 0) is 0 Å². The SMILES string of the molecule is COc1ccsc1C(Cl)c1ccc(F)cc1. The Labute approximate surface area is 102 Å². The van der Waals surface area contributed by atoms with Crippen LogP contribution in [0.4, 0.5) is 4.39 Å². The molecule has 0 bridgehead atoms. The van der Waals surface area contributed by atoms with E-state index in [2.05, 4.69) is 0 Å². The Morgan fingerprint density at radius 2 is 1.94 bits per heavy atom. The molecule has 1 aromatic heterocycles. The van der Waals surface area contributed by atoms with Crippen molar-refractivity contribution in [1.29, 1.82) is 0 Å². The molecule has 1 nitrogen and oxygen atoms in total. The Bertz CT molecular complexity index is 466. The second-order valence-corrected chi connectivity index (χ2v) is 4.65. The van der Waals surface area contributed by atoms with Crippen LogP contribution in [0.5, 0.6) is 5.75 Å². The summed E-state index contributed by atoms with van der Waals surface area (Å²) < 4.78 is 18.0. The fraction of sp³-hybridized carbons (Fsp3) is 0.167. The lowest BCUT2D eigenvalue weighted by Gasteiger charge is -2.09. The first-order valence-corrected chi connectivity index (χ1v) is 6.05. The molecule has 0 aliphatic heterocycles. The van der Waals surface area contributed by atoms with E-state index in [4.69, 9.17) is 16.3 Å². The van der Waals surface area contributed by atoms with Crippen molar-refractivity contribution in [3.05, 3.63) is 52.0 Å². The number of benzene rings is 1. The lowest BCUT2D eigenvalue weighted by atomic mass is 10.1. The number of halogens is 2. The number of methoxy groups -OCH3 is 1. The van der Waals surface area contributed by atoms with E-state index < -0.39 is 0 Å². The largest absolute Gasteiger partial charge is 0.496 e. The summed E-state index contributed by atoms with van der Waals surface area (Å²) in [7, 11) is 1.61. The van der Waals surface area contributed by atoms with Crippen LogP contribution in [0.3, 0.4) is 0 Å². The summed E-state index contributed by atoms with van der Waals surface area (Å²) in [5, 5.41) is 1.63. The van der Waals surface area contributed by atoms with Gasteiger partial charge in [0.05, 0.1) is 17.4 Å². The van der Waals surface area contributed by atoms with Crippen molar-refractivity contribution in [2.75, 3.05) is 7.11 Å². The van der Waals surface area contributed by atoms with E-state index in [-0.39, 0.29) is 11.2 Å². The van der Waals surface area contributed by atoms with Crippen molar-refractivity contribution < 1.29 is 9.13 Å². The molecule has 2 aromatic rings. The first-order chi connectivity index (χ1) is 7.72. The van der Waals surface area contributed by atoms with Crippen LogP contribution in [0, 0.1) is 5.82 Å². The molecule has 0 saturated heterocycles. The van der Waals surface area contributed by atoms with E-state index in [1.165, 1.54) is 23.5 Å². The normalized spacial score (nSPS) is 12.4. The third-order valence-electron chi connectivity index (χ3n) is 2.27. The van der Waals surface area contributed by atoms with Gasteiger partial charge >= 0.3 is 0 Å². The summed E-state index contributed by atoms with van der Waals surface area (Å²) in [6.07, 6.45) is 0. The van der Waals surface area contributed by atoms with Gasteiger partial charge in [0.1, 0.15) is 11.6 Å². The number of alkyl halides is 1. The van der Waals surface area contributed by atoms with E-state index in [1.807, 2.05) is 11.4 Å². The van der Waals surface area contributed by atoms with Gasteiger partial charge in [0.2, 0.25) is 0 Å². The molecule has 84 valence electrons. The van der Waals surface area contributed by atoms with Gasteiger partial charge in [-0.1, -0.05) is 12.1 Å². The number of hydrogen-bond acceptors (Lipinski definition) is 2. The Morgan fingerprint density at radius 3 is 2.56 bits per heavy atom. The van der Waals surface area contributed by atoms with Gasteiger partial charge in [0.15, 0.2) is 0 Å². The van der Waals surface area contributed by atoms with E-state index >= 15 is 0 Å². The standard InChI is InChI=1S/C12H10ClFOS/c1-15-10-6-7-16-12(10)11(13)8-2-4-9(14)5-3-8/h2-7,11H,1H3. The van der Waals surface area contributed by atoms with Gasteiger partial charge in [-0.2, -0.15) is 0 Å². The molecule has 0 radical (unpaired) electrons. The summed E-state index contributed by atoms with van der Waals surface area (Å²) in [6, 6.07) is 8.06. The second-order valence-electron chi connectivity index (χ2n) is 3.27. The summed E-state index contributed by atoms with van der Waals surface area (Å²) in [5.41, 5.74) is 0.865. The van der Waals surface area contributed by atoms with E-state index in [9.17, 15) is 4.39 Å². The predicted octanol–water partition coefficient (Wildman–Crippen LogP) is 4.22. The van der Waals surface area contributed by atoms with E-state index in [0.717, 1.165) is 16.2 Å². The number of hydrogen-bond donors (Lipinski definition) is 0. The Balaban J connectivity index is 2.31.